The number of aryl methyl sites for hydroxylation is 2. The van der Waals surface area contributed by atoms with Gasteiger partial charge >= 0.3 is 12.4 Å². The summed E-state index contributed by atoms with van der Waals surface area (Å²) >= 11 is 3.24. The van der Waals surface area contributed by atoms with Crippen LogP contribution < -0.4 is 0 Å². The van der Waals surface area contributed by atoms with E-state index in [9.17, 15) is 26.3 Å². The van der Waals surface area contributed by atoms with Crippen LogP contribution in [0, 0.1) is 13.8 Å². The Kier molecular flexibility index (Phi) is 15.7. The molecule has 0 bridgehead atoms. The molecule has 0 unspecified atom stereocenters. The van der Waals surface area contributed by atoms with Crippen molar-refractivity contribution in [3.63, 3.8) is 0 Å². The molecule has 72 heavy (non-hydrogen) atoms. The fourth-order valence-electron chi connectivity index (χ4n) is 10.2. The van der Waals surface area contributed by atoms with Crippen molar-refractivity contribution in [3.8, 4) is 53.8 Å². The molecule has 374 valence electrons. The molecule has 0 atom stereocenters. The summed E-state index contributed by atoms with van der Waals surface area (Å²) in [4.78, 5) is 14.5. The predicted octanol–water partition coefficient (Wildman–Crippen LogP) is 20.9. The normalized spacial score (nSPS) is 12.4. The summed E-state index contributed by atoms with van der Waals surface area (Å²) in [7, 11) is 0. The number of unbranched alkanes of at least 4 members (excludes halogenated alkanes) is 10. The molecule has 9 rings (SSSR count). The first-order valence-electron chi connectivity index (χ1n) is 25.6. The second-order valence-corrected chi connectivity index (χ2v) is 21.8. The van der Waals surface area contributed by atoms with E-state index in [1.807, 2.05) is 31.2 Å². The van der Waals surface area contributed by atoms with Gasteiger partial charge in [0.25, 0.3) is 0 Å². The lowest BCUT2D eigenvalue weighted by molar-refractivity contribution is -0.138. The van der Waals surface area contributed by atoms with Crippen molar-refractivity contribution in [3.05, 3.63) is 143 Å². The molecule has 0 fully saturated rings. The lowest BCUT2D eigenvalue weighted by atomic mass is 9.99. The van der Waals surface area contributed by atoms with Gasteiger partial charge in [-0.15, -0.1) is 22.7 Å². The molecule has 9 aromatic rings. The summed E-state index contributed by atoms with van der Waals surface area (Å²) in [6, 6.07) is 35.8. The second kappa shape index (κ2) is 22.1. The van der Waals surface area contributed by atoms with Crippen LogP contribution in [0.4, 0.5) is 26.3 Å². The van der Waals surface area contributed by atoms with Crippen LogP contribution in [0.25, 0.3) is 86.7 Å². The highest BCUT2D eigenvalue weighted by atomic mass is 32.1. The van der Waals surface area contributed by atoms with Crippen LogP contribution in [0.3, 0.4) is 0 Å². The first-order valence-corrected chi connectivity index (χ1v) is 27.3. The van der Waals surface area contributed by atoms with Gasteiger partial charge in [0.2, 0.25) is 0 Å². The number of thiophene rings is 2. The summed E-state index contributed by atoms with van der Waals surface area (Å²) in [6.07, 6.45) is 8.30. The molecule has 0 spiro atoms. The van der Waals surface area contributed by atoms with Crippen LogP contribution in [0.2, 0.25) is 0 Å². The van der Waals surface area contributed by atoms with Gasteiger partial charge in [-0.3, -0.25) is 0 Å². The molecule has 4 aromatic heterocycles. The van der Waals surface area contributed by atoms with E-state index in [-0.39, 0.29) is 11.4 Å². The molecule has 3 nitrogen and oxygen atoms in total. The van der Waals surface area contributed by atoms with Crippen molar-refractivity contribution in [2.45, 2.75) is 136 Å². The number of hydrogen-bond acceptors (Lipinski definition) is 4. The Balaban J connectivity index is 1.16. The average molecular weight is 1010 g/mol. The minimum atomic E-state index is -4.56. The number of alkyl halides is 6. The van der Waals surface area contributed by atoms with Crippen LogP contribution >= 0.6 is 22.7 Å². The standard InChI is InChI=1S/C61H61F6N3S2/c1-5-7-9-11-13-15-17-46(18-16-14-12-10-8-6-2)70-51-37-39(3)19-30-47(51)48-31-25-43(38-52(48)70)53-35-36-55(72-53)50-33-32-49(54-34-20-40(4)71-54)58-59(50)69-57(42-23-28-45(29-24-42)61(65,66)67)56(68-58)41-21-26-44(27-22-41)60(62,63)64/h19-38,46H,5-18H2,1-4H3. The maximum atomic E-state index is 13.8. The summed E-state index contributed by atoms with van der Waals surface area (Å²) < 4.78 is 85.5. The number of hydrogen-bond donors (Lipinski definition) is 0. The first kappa shape index (κ1) is 51.1. The van der Waals surface area contributed by atoms with Gasteiger partial charge in [0, 0.05) is 64.1 Å². The molecule has 0 amide bonds. The molecular weight excluding hydrogens is 953 g/mol. The molecule has 0 N–H and O–H groups in total. The number of aromatic nitrogens is 3. The summed E-state index contributed by atoms with van der Waals surface area (Å²) in [5.41, 5.74) is 7.15. The Morgan fingerprint density at radius 3 is 1.40 bits per heavy atom. The van der Waals surface area contributed by atoms with Crippen LogP contribution in [0.1, 0.15) is 131 Å². The molecule has 4 heterocycles. The molecule has 0 aliphatic carbocycles. The Morgan fingerprint density at radius 1 is 0.458 bits per heavy atom. The number of fused-ring (bicyclic) bond motifs is 4. The van der Waals surface area contributed by atoms with E-state index >= 15 is 0 Å². The van der Waals surface area contributed by atoms with Crippen molar-refractivity contribution >= 4 is 55.5 Å². The fourth-order valence-corrected chi connectivity index (χ4v) is 12.1. The minimum Gasteiger partial charge on any atom is -0.337 e. The van der Waals surface area contributed by atoms with Gasteiger partial charge in [0.15, 0.2) is 0 Å². The molecule has 11 heteroatoms. The van der Waals surface area contributed by atoms with E-state index in [4.69, 9.17) is 9.97 Å². The van der Waals surface area contributed by atoms with Crippen molar-refractivity contribution in [1.29, 1.82) is 0 Å². The topological polar surface area (TPSA) is 30.7 Å². The minimum absolute atomic E-state index is 0.263. The van der Waals surface area contributed by atoms with Crippen molar-refractivity contribution < 1.29 is 26.3 Å². The van der Waals surface area contributed by atoms with Crippen molar-refractivity contribution in [2.24, 2.45) is 0 Å². The Bertz CT molecular complexity index is 3270. The van der Waals surface area contributed by atoms with Crippen LogP contribution in [0.5, 0.6) is 0 Å². The quantitative estimate of drug-likeness (QED) is 0.0563. The lowest BCUT2D eigenvalue weighted by Crippen LogP contribution is -2.09. The van der Waals surface area contributed by atoms with Gasteiger partial charge in [-0.25, -0.2) is 9.97 Å². The third-order valence-electron chi connectivity index (χ3n) is 14.1. The zero-order valence-corrected chi connectivity index (χ0v) is 43.1. The Morgan fingerprint density at radius 2 is 0.903 bits per heavy atom. The maximum Gasteiger partial charge on any atom is 0.416 e. The second-order valence-electron chi connectivity index (χ2n) is 19.4. The Hall–Kier alpha value is -5.78. The number of benzene rings is 5. The zero-order valence-electron chi connectivity index (χ0n) is 41.4. The van der Waals surface area contributed by atoms with E-state index in [1.165, 1.54) is 129 Å². The summed E-state index contributed by atoms with van der Waals surface area (Å²) in [5.74, 6) is 0. The lowest BCUT2D eigenvalue weighted by Gasteiger charge is -2.22. The summed E-state index contributed by atoms with van der Waals surface area (Å²) in [5, 5.41) is 2.53. The smallest absolute Gasteiger partial charge is 0.337 e. The number of halogens is 6. The average Bonchev–Trinajstić information content (AvgIpc) is 4.12. The highest BCUT2D eigenvalue weighted by Crippen LogP contribution is 2.45. The van der Waals surface area contributed by atoms with Crippen molar-refractivity contribution in [1.82, 2.24) is 14.5 Å². The third-order valence-corrected chi connectivity index (χ3v) is 16.3. The van der Waals surface area contributed by atoms with E-state index in [1.54, 1.807) is 22.7 Å². The van der Waals surface area contributed by atoms with E-state index < -0.39 is 23.5 Å². The van der Waals surface area contributed by atoms with Crippen LogP contribution in [-0.2, 0) is 12.4 Å². The van der Waals surface area contributed by atoms with E-state index in [0.717, 1.165) is 73.3 Å². The third kappa shape index (κ3) is 11.2. The van der Waals surface area contributed by atoms with Crippen LogP contribution in [0.15, 0.2) is 121 Å². The molecule has 0 saturated heterocycles. The predicted molar refractivity (Wildman–Crippen MR) is 290 cm³/mol. The first-order chi connectivity index (χ1) is 34.7. The Labute approximate surface area is 427 Å². The van der Waals surface area contributed by atoms with Gasteiger partial charge in [-0.2, -0.15) is 26.3 Å². The van der Waals surface area contributed by atoms with Crippen molar-refractivity contribution in [2.75, 3.05) is 0 Å². The van der Waals surface area contributed by atoms with Gasteiger partial charge in [-0.05, 0) is 98.5 Å². The zero-order chi connectivity index (χ0) is 50.6. The number of rotatable bonds is 20. The fraction of sp³-hybridized carbons (Fsp3) is 0.344. The molecule has 0 aliphatic heterocycles. The molecule has 0 aliphatic rings. The van der Waals surface area contributed by atoms with Crippen LogP contribution in [-0.4, -0.2) is 14.5 Å². The van der Waals surface area contributed by atoms with Gasteiger partial charge in [0.1, 0.15) is 0 Å². The summed E-state index contributed by atoms with van der Waals surface area (Å²) in [6.45, 7) is 8.73. The SMILES string of the molecule is CCCCCCCCC(CCCCCCCC)n1c2cc(C)ccc2c2ccc(-c3ccc(-c4ccc(-c5ccc(C)s5)c5nc(-c6ccc(C(F)(F)F)cc6)c(-c6ccc(C(F)(F)F)cc6)nc45)s3)cc21. The van der Waals surface area contributed by atoms with Gasteiger partial charge in [0.05, 0.1) is 39.1 Å². The maximum absolute atomic E-state index is 13.8. The van der Waals surface area contributed by atoms with Gasteiger partial charge < -0.3 is 4.57 Å². The molecular formula is C61H61F6N3S2. The highest BCUT2D eigenvalue weighted by Gasteiger charge is 2.32. The largest absolute Gasteiger partial charge is 0.416 e. The highest BCUT2D eigenvalue weighted by molar-refractivity contribution is 7.19. The monoisotopic (exact) mass is 1010 g/mol. The molecule has 0 radical (unpaired) electrons. The van der Waals surface area contributed by atoms with E-state index in [2.05, 4.69) is 73.9 Å². The molecule has 0 saturated carbocycles. The van der Waals surface area contributed by atoms with E-state index in [0.29, 0.717) is 28.2 Å². The van der Waals surface area contributed by atoms with Gasteiger partial charge in [-0.1, -0.05) is 152 Å². The number of nitrogens with zero attached hydrogens (tertiary/aromatic N) is 3. The molecule has 5 aromatic carbocycles.